The van der Waals surface area contributed by atoms with E-state index in [2.05, 4.69) is 10.6 Å². The molecule has 136 valence electrons. The fourth-order valence-corrected chi connectivity index (χ4v) is 3.12. The highest BCUT2D eigenvalue weighted by atomic mass is 16.5. The minimum Gasteiger partial charge on any atom is -0.481 e. The fraction of sp³-hybridized carbons (Fsp3) is 0.500. The van der Waals surface area contributed by atoms with Crippen LogP contribution in [0.5, 0.6) is 0 Å². The van der Waals surface area contributed by atoms with Gasteiger partial charge in [0.1, 0.15) is 0 Å². The van der Waals surface area contributed by atoms with Gasteiger partial charge < -0.3 is 20.5 Å². The van der Waals surface area contributed by atoms with Crippen molar-refractivity contribution in [2.75, 3.05) is 25.6 Å². The van der Waals surface area contributed by atoms with Crippen LogP contribution in [0.15, 0.2) is 24.3 Å². The molecule has 0 aliphatic heterocycles. The number of rotatable bonds is 7. The molecule has 1 aromatic rings. The molecule has 0 heterocycles. The molecular weight excluding hydrogens is 324 g/mol. The molecule has 7 nitrogen and oxygen atoms in total. The topological polar surface area (TPSA) is 105 Å². The van der Waals surface area contributed by atoms with E-state index in [0.717, 1.165) is 12.8 Å². The minimum absolute atomic E-state index is 0.314. The van der Waals surface area contributed by atoms with Crippen molar-refractivity contribution in [2.45, 2.75) is 25.7 Å². The third-order valence-electron chi connectivity index (χ3n) is 4.44. The lowest BCUT2D eigenvalue weighted by atomic mass is 9.78. The molecule has 0 radical (unpaired) electrons. The van der Waals surface area contributed by atoms with Crippen molar-refractivity contribution in [2.24, 2.45) is 11.8 Å². The summed E-state index contributed by atoms with van der Waals surface area (Å²) in [7, 11) is 1.55. The van der Waals surface area contributed by atoms with Gasteiger partial charge in [0.2, 0.25) is 5.91 Å². The SMILES string of the molecule is COCCNC(=O)c1ccccc1NC(=O)C1CCCCC1C(=O)O. The van der Waals surface area contributed by atoms with Crippen LogP contribution in [0, 0.1) is 11.8 Å². The molecule has 2 unspecified atom stereocenters. The van der Waals surface area contributed by atoms with Crippen LogP contribution in [0.2, 0.25) is 0 Å². The zero-order valence-corrected chi connectivity index (χ0v) is 14.3. The highest BCUT2D eigenvalue weighted by Gasteiger charge is 2.36. The Kier molecular flexibility index (Phi) is 6.94. The van der Waals surface area contributed by atoms with Gasteiger partial charge in [0.25, 0.3) is 5.91 Å². The first-order valence-electron chi connectivity index (χ1n) is 8.44. The number of carboxylic acid groups (broad SMARTS) is 1. The molecule has 1 saturated carbocycles. The lowest BCUT2D eigenvalue weighted by Gasteiger charge is -2.27. The second kappa shape index (κ2) is 9.17. The zero-order chi connectivity index (χ0) is 18.2. The predicted molar refractivity (Wildman–Crippen MR) is 92.4 cm³/mol. The number of para-hydroxylation sites is 1. The molecule has 0 saturated heterocycles. The van der Waals surface area contributed by atoms with Crippen molar-refractivity contribution < 1.29 is 24.2 Å². The van der Waals surface area contributed by atoms with Gasteiger partial charge in [-0.25, -0.2) is 0 Å². The van der Waals surface area contributed by atoms with Gasteiger partial charge >= 0.3 is 5.97 Å². The molecule has 2 rings (SSSR count). The van der Waals surface area contributed by atoms with Crippen LogP contribution < -0.4 is 10.6 Å². The molecule has 0 spiro atoms. The predicted octanol–water partition coefficient (Wildman–Crippen LogP) is 1.89. The maximum Gasteiger partial charge on any atom is 0.307 e. The molecular formula is C18H24N2O5. The number of anilines is 1. The van der Waals surface area contributed by atoms with E-state index in [1.54, 1.807) is 31.4 Å². The van der Waals surface area contributed by atoms with Crippen molar-refractivity contribution in [1.82, 2.24) is 5.32 Å². The Bertz CT molecular complexity index is 632. The highest BCUT2D eigenvalue weighted by molar-refractivity contribution is 6.04. The molecule has 7 heteroatoms. The van der Waals surface area contributed by atoms with Crippen molar-refractivity contribution in [3.05, 3.63) is 29.8 Å². The first kappa shape index (κ1) is 18.9. The van der Waals surface area contributed by atoms with Crippen LogP contribution in [-0.4, -0.2) is 43.2 Å². The number of ether oxygens (including phenoxy) is 1. The maximum atomic E-state index is 12.6. The third-order valence-corrected chi connectivity index (χ3v) is 4.44. The van der Waals surface area contributed by atoms with Crippen molar-refractivity contribution in [3.8, 4) is 0 Å². The van der Waals surface area contributed by atoms with E-state index in [4.69, 9.17) is 4.74 Å². The molecule has 1 aromatic carbocycles. The highest BCUT2D eigenvalue weighted by Crippen LogP contribution is 2.31. The maximum absolute atomic E-state index is 12.6. The van der Waals surface area contributed by atoms with E-state index in [1.165, 1.54) is 0 Å². The molecule has 0 aromatic heterocycles. The van der Waals surface area contributed by atoms with Crippen LogP contribution >= 0.6 is 0 Å². The Hall–Kier alpha value is -2.41. The number of carboxylic acids is 1. The summed E-state index contributed by atoms with van der Waals surface area (Å²) in [6.45, 7) is 0.754. The first-order valence-corrected chi connectivity index (χ1v) is 8.44. The largest absolute Gasteiger partial charge is 0.481 e. The number of benzene rings is 1. The van der Waals surface area contributed by atoms with Gasteiger partial charge in [-0.05, 0) is 25.0 Å². The lowest BCUT2D eigenvalue weighted by Crippen LogP contribution is -2.36. The average molecular weight is 348 g/mol. The lowest BCUT2D eigenvalue weighted by molar-refractivity contribution is -0.147. The summed E-state index contributed by atoms with van der Waals surface area (Å²) in [6, 6.07) is 6.69. The van der Waals surface area contributed by atoms with Gasteiger partial charge in [0.15, 0.2) is 0 Å². The van der Waals surface area contributed by atoms with Crippen LogP contribution in [0.25, 0.3) is 0 Å². The monoisotopic (exact) mass is 348 g/mol. The molecule has 2 amide bonds. The van der Waals surface area contributed by atoms with E-state index in [0.29, 0.717) is 37.2 Å². The average Bonchev–Trinajstić information content (AvgIpc) is 2.62. The van der Waals surface area contributed by atoms with Gasteiger partial charge in [-0.3, -0.25) is 14.4 Å². The van der Waals surface area contributed by atoms with E-state index >= 15 is 0 Å². The molecule has 0 bridgehead atoms. The number of nitrogens with one attached hydrogen (secondary N) is 2. The van der Waals surface area contributed by atoms with E-state index in [-0.39, 0.29) is 11.8 Å². The van der Waals surface area contributed by atoms with Crippen molar-refractivity contribution >= 4 is 23.5 Å². The summed E-state index contributed by atoms with van der Waals surface area (Å²) in [5, 5.41) is 14.8. The Labute approximate surface area is 146 Å². The molecule has 1 fully saturated rings. The number of amides is 2. The number of hydrogen-bond acceptors (Lipinski definition) is 4. The van der Waals surface area contributed by atoms with Crippen LogP contribution in [-0.2, 0) is 14.3 Å². The van der Waals surface area contributed by atoms with Gasteiger partial charge in [0, 0.05) is 13.7 Å². The normalized spacial score (nSPS) is 19.9. The summed E-state index contributed by atoms with van der Waals surface area (Å²) in [5.74, 6) is -2.84. The Balaban J connectivity index is 2.10. The zero-order valence-electron chi connectivity index (χ0n) is 14.3. The molecule has 1 aliphatic carbocycles. The van der Waals surface area contributed by atoms with Gasteiger partial charge in [-0.15, -0.1) is 0 Å². The molecule has 1 aliphatic rings. The second-order valence-electron chi connectivity index (χ2n) is 6.12. The molecule has 2 atom stereocenters. The van der Waals surface area contributed by atoms with Gasteiger partial charge in [-0.1, -0.05) is 25.0 Å². The van der Waals surface area contributed by atoms with Crippen LogP contribution in [0.3, 0.4) is 0 Å². The van der Waals surface area contributed by atoms with Gasteiger partial charge in [-0.2, -0.15) is 0 Å². The quantitative estimate of drug-likeness (QED) is 0.653. The molecule has 3 N–H and O–H groups in total. The van der Waals surface area contributed by atoms with E-state index < -0.39 is 17.8 Å². The second-order valence-corrected chi connectivity index (χ2v) is 6.12. The summed E-state index contributed by atoms with van der Waals surface area (Å²) in [6.07, 6.45) is 2.71. The standard InChI is InChI=1S/C18H24N2O5/c1-25-11-10-19-16(21)14-8-4-5-9-15(14)20-17(22)12-6-2-3-7-13(12)18(23)24/h4-5,8-9,12-13H,2-3,6-7,10-11H2,1H3,(H,19,21)(H,20,22)(H,23,24). The van der Waals surface area contributed by atoms with Gasteiger partial charge in [0.05, 0.1) is 29.7 Å². The summed E-state index contributed by atoms with van der Waals surface area (Å²) in [4.78, 5) is 36.2. The number of aliphatic carboxylic acids is 1. The summed E-state index contributed by atoms with van der Waals surface area (Å²) in [5.41, 5.74) is 0.728. The van der Waals surface area contributed by atoms with Crippen molar-refractivity contribution in [1.29, 1.82) is 0 Å². The van der Waals surface area contributed by atoms with E-state index in [9.17, 15) is 19.5 Å². The van der Waals surface area contributed by atoms with Crippen molar-refractivity contribution in [3.63, 3.8) is 0 Å². The Morgan fingerprint density at radius 2 is 1.84 bits per heavy atom. The fourth-order valence-electron chi connectivity index (χ4n) is 3.12. The minimum atomic E-state index is -0.939. The summed E-state index contributed by atoms with van der Waals surface area (Å²) < 4.78 is 4.90. The summed E-state index contributed by atoms with van der Waals surface area (Å²) >= 11 is 0. The number of carbonyl (C=O) groups excluding carboxylic acids is 2. The smallest absolute Gasteiger partial charge is 0.307 e. The first-order chi connectivity index (χ1) is 12.0. The Morgan fingerprint density at radius 3 is 2.52 bits per heavy atom. The van der Waals surface area contributed by atoms with E-state index in [1.807, 2.05) is 0 Å². The Morgan fingerprint density at radius 1 is 1.16 bits per heavy atom. The van der Waals surface area contributed by atoms with Crippen LogP contribution in [0.4, 0.5) is 5.69 Å². The number of carbonyl (C=O) groups is 3. The number of hydrogen-bond donors (Lipinski definition) is 3. The third kappa shape index (κ3) is 5.03. The number of methoxy groups -OCH3 is 1. The molecule has 25 heavy (non-hydrogen) atoms. The van der Waals surface area contributed by atoms with Crippen LogP contribution in [0.1, 0.15) is 36.0 Å².